The minimum atomic E-state index is -0.230. The van der Waals surface area contributed by atoms with Crippen molar-refractivity contribution in [1.82, 2.24) is 4.90 Å². The van der Waals surface area contributed by atoms with Crippen LogP contribution in [0.5, 0.6) is 0 Å². The molecule has 1 amide bonds. The zero-order valence-electron chi connectivity index (χ0n) is 12.9. The SMILES string of the molecule is CSCC(C)N(C)C(C)C(=O)Nc1ccccc1C(N)=S. The van der Waals surface area contributed by atoms with Crippen molar-refractivity contribution in [3.8, 4) is 0 Å². The third kappa shape index (κ3) is 4.98. The number of rotatable bonds is 7. The molecule has 116 valence electrons. The summed E-state index contributed by atoms with van der Waals surface area (Å²) in [4.78, 5) is 14.7. The molecule has 0 aliphatic carbocycles. The van der Waals surface area contributed by atoms with E-state index in [0.29, 0.717) is 17.3 Å². The lowest BCUT2D eigenvalue weighted by atomic mass is 10.1. The van der Waals surface area contributed by atoms with E-state index in [0.717, 1.165) is 5.75 Å². The molecule has 0 saturated heterocycles. The normalized spacial score (nSPS) is 13.8. The molecule has 0 spiro atoms. The number of thiocarbonyl (C=S) groups is 1. The molecule has 21 heavy (non-hydrogen) atoms. The number of amides is 1. The molecule has 0 fully saturated rings. The minimum Gasteiger partial charge on any atom is -0.389 e. The Morgan fingerprint density at radius 1 is 1.43 bits per heavy atom. The fourth-order valence-electron chi connectivity index (χ4n) is 1.97. The predicted octanol–water partition coefficient (Wildman–Crippen LogP) is 2.33. The van der Waals surface area contributed by atoms with Crippen molar-refractivity contribution in [2.24, 2.45) is 5.73 Å². The second kappa shape index (κ2) is 8.36. The van der Waals surface area contributed by atoms with Gasteiger partial charge in [0.1, 0.15) is 4.99 Å². The van der Waals surface area contributed by atoms with Gasteiger partial charge in [-0.3, -0.25) is 9.69 Å². The standard InChI is InChI=1S/C15H23N3OS2/c1-10(9-21-4)18(3)11(2)15(19)17-13-8-6-5-7-12(13)14(16)20/h5-8,10-11H,9H2,1-4H3,(H2,16,20)(H,17,19). The lowest BCUT2D eigenvalue weighted by Crippen LogP contribution is -2.45. The summed E-state index contributed by atoms with van der Waals surface area (Å²) in [6.45, 7) is 4.01. The summed E-state index contributed by atoms with van der Waals surface area (Å²) >= 11 is 6.78. The van der Waals surface area contributed by atoms with E-state index in [4.69, 9.17) is 18.0 Å². The number of benzene rings is 1. The van der Waals surface area contributed by atoms with Crippen molar-refractivity contribution in [3.05, 3.63) is 29.8 Å². The number of hydrogen-bond donors (Lipinski definition) is 2. The van der Waals surface area contributed by atoms with Crippen LogP contribution in [0, 0.1) is 0 Å². The van der Waals surface area contributed by atoms with Crippen molar-refractivity contribution in [2.45, 2.75) is 25.9 Å². The first-order chi connectivity index (χ1) is 9.88. The zero-order chi connectivity index (χ0) is 16.0. The van der Waals surface area contributed by atoms with E-state index in [-0.39, 0.29) is 16.9 Å². The molecule has 2 unspecified atom stereocenters. The van der Waals surface area contributed by atoms with Gasteiger partial charge in [0, 0.05) is 17.4 Å². The average Bonchev–Trinajstić information content (AvgIpc) is 2.46. The average molecular weight is 326 g/mol. The molecule has 0 bridgehead atoms. The molecule has 6 heteroatoms. The van der Waals surface area contributed by atoms with Crippen LogP contribution in [0.4, 0.5) is 5.69 Å². The second-order valence-electron chi connectivity index (χ2n) is 5.04. The smallest absolute Gasteiger partial charge is 0.241 e. The summed E-state index contributed by atoms with van der Waals surface area (Å²) in [6, 6.07) is 7.41. The van der Waals surface area contributed by atoms with E-state index < -0.39 is 0 Å². The number of nitrogens with one attached hydrogen (secondary N) is 1. The summed E-state index contributed by atoms with van der Waals surface area (Å²) in [5.74, 6) is 0.923. The van der Waals surface area contributed by atoms with Crippen LogP contribution >= 0.6 is 24.0 Å². The minimum absolute atomic E-state index is 0.0610. The molecule has 2 atom stereocenters. The molecular formula is C15H23N3OS2. The molecular weight excluding hydrogens is 302 g/mol. The molecule has 0 aliphatic heterocycles. The van der Waals surface area contributed by atoms with Crippen LogP contribution in [-0.4, -0.2) is 46.9 Å². The van der Waals surface area contributed by atoms with E-state index in [1.807, 2.05) is 38.2 Å². The summed E-state index contributed by atoms with van der Waals surface area (Å²) in [5, 5.41) is 2.91. The lowest BCUT2D eigenvalue weighted by Gasteiger charge is -2.29. The first kappa shape index (κ1) is 17.9. The Morgan fingerprint density at radius 3 is 2.62 bits per heavy atom. The van der Waals surface area contributed by atoms with Crippen LogP contribution in [0.2, 0.25) is 0 Å². The van der Waals surface area contributed by atoms with Gasteiger partial charge >= 0.3 is 0 Å². The molecule has 3 N–H and O–H groups in total. The third-order valence-corrected chi connectivity index (χ3v) is 4.58. The van der Waals surface area contributed by atoms with E-state index in [1.165, 1.54) is 0 Å². The van der Waals surface area contributed by atoms with E-state index >= 15 is 0 Å². The van der Waals surface area contributed by atoms with Gasteiger partial charge in [0.25, 0.3) is 0 Å². The van der Waals surface area contributed by atoms with Crippen molar-refractivity contribution in [1.29, 1.82) is 0 Å². The van der Waals surface area contributed by atoms with Gasteiger partial charge in [-0.1, -0.05) is 24.4 Å². The number of carbonyl (C=O) groups is 1. The number of para-hydroxylation sites is 1. The first-order valence-electron chi connectivity index (χ1n) is 6.79. The van der Waals surface area contributed by atoms with Crippen LogP contribution in [0.25, 0.3) is 0 Å². The highest BCUT2D eigenvalue weighted by Gasteiger charge is 2.22. The van der Waals surface area contributed by atoms with Gasteiger partial charge in [-0.05, 0) is 39.3 Å². The van der Waals surface area contributed by atoms with Crippen LogP contribution < -0.4 is 11.1 Å². The van der Waals surface area contributed by atoms with Crippen LogP contribution in [0.1, 0.15) is 19.4 Å². The van der Waals surface area contributed by atoms with E-state index in [2.05, 4.69) is 23.4 Å². The Bertz CT molecular complexity index is 507. The van der Waals surface area contributed by atoms with Crippen molar-refractivity contribution >= 4 is 40.6 Å². The van der Waals surface area contributed by atoms with E-state index in [9.17, 15) is 4.79 Å². The van der Waals surface area contributed by atoms with Crippen LogP contribution in [0.3, 0.4) is 0 Å². The molecule has 1 rings (SSSR count). The second-order valence-corrected chi connectivity index (χ2v) is 6.40. The van der Waals surface area contributed by atoms with Crippen LogP contribution in [0.15, 0.2) is 24.3 Å². The largest absolute Gasteiger partial charge is 0.389 e. The number of carbonyl (C=O) groups excluding carboxylic acids is 1. The highest BCUT2D eigenvalue weighted by molar-refractivity contribution is 7.98. The number of thioether (sulfide) groups is 1. The molecule has 0 heterocycles. The number of hydrogen-bond acceptors (Lipinski definition) is 4. The quantitative estimate of drug-likeness (QED) is 0.754. The maximum Gasteiger partial charge on any atom is 0.241 e. The Kier molecular flexibility index (Phi) is 7.14. The predicted molar refractivity (Wildman–Crippen MR) is 96.0 cm³/mol. The third-order valence-electron chi connectivity index (χ3n) is 3.54. The highest BCUT2D eigenvalue weighted by Crippen LogP contribution is 2.16. The molecule has 1 aromatic carbocycles. The van der Waals surface area contributed by atoms with Crippen molar-refractivity contribution < 1.29 is 4.79 Å². The number of nitrogens with two attached hydrogens (primary N) is 1. The maximum atomic E-state index is 12.4. The van der Waals surface area contributed by atoms with Gasteiger partial charge in [-0.2, -0.15) is 11.8 Å². The fourth-order valence-corrected chi connectivity index (χ4v) is 2.87. The summed E-state index contributed by atoms with van der Waals surface area (Å²) in [7, 11) is 1.96. The molecule has 0 saturated carbocycles. The molecule has 0 radical (unpaired) electrons. The van der Waals surface area contributed by atoms with Crippen molar-refractivity contribution in [2.75, 3.05) is 24.4 Å². The maximum absolute atomic E-state index is 12.4. The van der Waals surface area contributed by atoms with Gasteiger partial charge in [0.2, 0.25) is 5.91 Å². The number of likely N-dealkylation sites (N-methyl/N-ethyl adjacent to an activating group) is 1. The monoisotopic (exact) mass is 325 g/mol. The summed E-state index contributed by atoms with van der Waals surface area (Å²) in [5.41, 5.74) is 7.03. The Balaban J connectivity index is 2.79. The lowest BCUT2D eigenvalue weighted by molar-refractivity contribution is -0.120. The van der Waals surface area contributed by atoms with Gasteiger partial charge in [0.05, 0.1) is 11.7 Å². The van der Waals surface area contributed by atoms with Gasteiger partial charge in [0.15, 0.2) is 0 Å². The fraction of sp³-hybridized carbons (Fsp3) is 0.467. The molecule has 4 nitrogen and oxygen atoms in total. The summed E-state index contributed by atoms with van der Waals surface area (Å²) < 4.78 is 0. The van der Waals surface area contributed by atoms with Gasteiger partial charge in [-0.25, -0.2) is 0 Å². The Labute approximate surface area is 136 Å². The van der Waals surface area contributed by atoms with Crippen LogP contribution in [-0.2, 0) is 4.79 Å². The highest BCUT2D eigenvalue weighted by atomic mass is 32.2. The van der Waals surface area contributed by atoms with Crippen molar-refractivity contribution in [3.63, 3.8) is 0 Å². The van der Waals surface area contributed by atoms with E-state index in [1.54, 1.807) is 11.8 Å². The Morgan fingerprint density at radius 2 is 2.05 bits per heavy atom. The molecule has 1 aromatic rings. The molecule has 0 aliphatic rings. The van der Waals surface area contributed by atoms with Gasteiger partial charge in [-0.15, -0.1) is 0 Å². The Hall–Kier alpha value is -1.11. The zero-order valence-corrected chi connectivity index (χ0v) is 14.6. The topological polar surface area (TPSA) is 58.4 Å². The molecule has 0 aromatic heterocycles. The summed E-state index contributed by atoms with van der Waals surface area (Å²) in [6.07, 6.45) is 2.06. The number of anilines is 1. The number of nitrogens with zero attached hydrogens (tertiary/aromatic N) is 1. The van der Waals surface area contributed by atoms with Gasteiger partial charge < -0.3 is 11.1 Å². The first-order valence-corrected chi connectivity index (χ1v) is 8.59.